The average molecular weight is 342 g/mol. The van der Waals surface area contributed by atoms with Crippen molar-refractivity contribution in [3.05, 3.63) is 29.8 Å². The van der Waals surface area contributed by atoms with Gasteiger partial charge in [0.05, 0.1) is 11.0 Å². The molecule has 0 aliphatic carbocycles. The first kappa shape index (κ1) is 18.4. The fourth-order valence-electron chi connectivity index (χ4n) is 2.69. The second-order valence-corrected chi connectivity index (χ2v) is 8.35. The van der Waals surface area contributed by atoms with E-state index in [1.807, 2.05) is 6.92 Å². The summed E-state index contributed by atoms with van der Waals surface area (Å²) in [5, 5.41) is 17.4. The number of aliphatic hydroxyl groups is 2. The topological polar surface area (TPSA) is 87.1 Å². The Labute approximate surface area is 138 Å². The van der Waals surface area contributed by atoms with Crippen LogP contribution in [0, 0.1) is 6.92 Å². The van der Waals surface area contributed by atoms with Gasteiger partial charge >= 0.3 is 5.12 Å². The molecule has 2 rings (SSSR count). The molecule has 130 valence electrons. The Bertz CT molecular complexity index is 606. The normalized spacial score (nSPS) is 21.4. The van der Waals surface area contributed by atoms with Crippen LogP contribution in [0.15, 0.2) is 29.2 Å². The van der Waals surface area contributed by atoms with E-state index in [2.05, 4.69) is 6.92 Å². The summed E-state index contributed by atoms with van der Waals surface area (Å²) in [6.07, 6.45) is 4.62. The van der Waals surface area contributed by atoms with E-state index in [9.17, 15) is 18.6 Å². The largest absolute Gasteiger partial charge is 0.362 e. The van der Waals surface area contributed by atoms with Gasteiger partial charge in [-0.05, 0) is 25.5 Å². The van der Waals surface area contributed by atoms with Crippen LogP contribution in [0.25, 0.3) is 0 Å². The summed E-state index contributed by atoms with van der Waals surface area (Å²) in [6.45, 7) is 3.97. The molecular formula is C17H26O5S. The molecule has 0 spiro atoms. The Morgan fingerprint density at radius 1 is 1.09 bits per heavy atom. The molecule has 23 heavy (non-hydrogen) atoms. The predicted octanol–water partition coefficient (Wildman–Crippen LogP) is 2.54. The van der Waals surface area contributed by atoms with E-state index in [4.69, 9.17) is 4.74 Å². The quantitative estimate of drug-likeness (QED) is 0.409. The van der Waals surface area contributed by atoms with Gasteiger partial charge in [-0.2, -0.15) is 0 Å². The van der Waals surface area contributed by atoms with E-state index in [0.29, 0.717) is 6.42 Å². The fourth-order valence-corrected chi connectivity index (χ4v) is 4.04. The van der Waals surface area contributed by atoms with Crippen molar-refractivity contribution in [2.45, 2.75) is 74.6 Å². The second-order valence-electron chi connectivity index (χ2n) is 6.27. The zero-order valence-corrected chi connectivity index (χ0v) is 14.6. The summed E-state index contributed by atoms with van der Waals surface area (Å²) in [7, 11) is -4.28. The number of hydrogen-bond acceptors (Lipinski definition) is 5. The van der Waals surface area contributed by atoms with Crippen LogP contribution in [-0.4, -0.2) is 36.0 Å². The van der Waals surface area contributed by atoms with Gasteiger partial charge in [-0.25, -0.2) is 8.42 Å². The SMILES string of the molecule is CCCCCCC[C@H]1O[C@H]1C(O)(O)S(=O)(=O)c1ccc(C)cc1. The highest BCUT2D eigenvalue weighted by Crippen LogP contribution is 2.39. The van der Waals surface area contributed by atoms with Gasteiger partial charge in [0.2, 0.25) is 9.84 Å². The molecule has 0 saturated carbocycles. The Morgan fingerprint density at radius 2 is 1.70 bits per heavy atom. The first-order valence-corrected chi connectivity index (χ1v) is 9.70. The molecule has 2 atom stereocenters. The molecule has 0 unspecified atom stereocenters. The molecule has 5 nitrogen and oxygen atoms in total. The molecule has 0 radical (unpaired) electrons. The third-order valence-electron chi connectivity index (χ3n) is 4.27. The van der Waals surface area contributed by atoms with Gasteiger partial charge in [-0.3, -0.25) is 0 Å². The number of sulfone groups is 1. The minimum atomic E-state index is -4.28. The second kappa shape index (κ2) is 7.30. The zero-order chi connectivity index (χ0) is 17.1. The van der Waals surface area contributed by atoms with Crippen molar-refractivity contribution in [2.24, 2.45) is 0 Å². The van der Waals surface area contributed by atoms with Crippen LogP contribution in [0.5, 0.6) is 0 Å². The monoisotopic (exact) mass is 342 g/mol. The molecule has 0 amide bonds. The van der Waals surface area contributed by atoms with Gasteiger partial charge in [-0.15, -0.1) is 0 Å². The molecule has 1 saturated heterocycles. The highest BCUT2D eigenvalue weighted by molar-refractivity contribution is 7.92. The van der Waals surface area contributed by atoms with Crippen LogP contribution in [-0.2, 0) is 14.6 Å². The van der Waals surface area contributed by atoms with E-state index in [1.165, 1.54) is 18.6 Å². The first-order chi connectivity index (χ1) is 10.8. The Hall–Kier alpha value is -0.950. The lowest BCUT2D eigenvalue weighted by Gasteiger charge is -2.20. The lowest BCUT2D eigenvalue weighted by molar-refractivity contribution is -0.102. The highest BCUT2D eigenvalue weighted by atomic mass is 32.2. The molecule has 1 aromatic carbocycles. The van der Waals surface area contributed by atoms with Crippen molar-refractivity contribution >= 4 is 9.84 Å². The molecule has 1 fully saturated rings. The smallest absolute Gasteiger partial charge is 0.303 e. The molecule has 1 aliphatic heterocycles. The first-order valence-electron chi connectivity index (χ1n) is 8.22. The molecule has 1 aliphatic rings. The summed E-state index contributed by atoms with van der Waals surface area (Å²) in [5.74, 6) is 0. The number of epoxide rings is 1. The van der Waals surface area contributed by atoms with Crippen LogP contribution in [0.2, 0.25) is 0 Å². The minimum Gasteiger partial charge on any atom is -0.362 e. The Morgan fingerprint density at radius 3 is 2.30 bits per heavy atom. The summed E-state index contributed by atoms with van der Waals surface area (Å²) in [6, 6.07) is 6.02. The van der Waals surface area contributed by atoms with Crippen molar-refractivity contribution in [1.29, 1.82) is 0 Å². The van der Waals surface area contributed by atoms with E-state index < -0.39 is 27.2 Å². The van der Waals surface area contributed by atoms with Gasteiger partial charge in [0.25, 0.3) is 0 Å². The van der Waals surface area contributed by atoms with Crippen molar-refractivity contribution in [1.82, 2.24) is 0 Å². The maximum Gasteiger partial charge on any atom is 0.303 e. The summed E-state index contributed by atoms with van der Waals surface area (Å²) >= 11 is 0. The number of ether oxygens (including phenoxy) is 1. The van der Waals surface area contributed by atoms with E-state index in [1.54, 1.807) is 12.1 Å². The average Bonchev–Trinajstić information content (AvgIpc) is 3.27. The molecule has 2 N–H and O–H groups in total. The van der Waals surface area contributed by atoms with Crippen LogP contribution >= 0.6 is 0 Å². The number of hydrogen-bond donors (Lipinski definition) is 2. The molecule has 0 aromatic heterocycles. The number of unbranched alkanes of at least 4 members (excludes halogenated alkanes) is 4. The molecule has 1 heterocycles. The lowest BCUT2D eigenvalue weighted by atomic mass is 10.1. The summed E-state index contributed by atoms with van der Waals surface area (Å²) in [4.78, 5) is -0.106. The van der Waals surface area contributed by atoms with Crippen LogP contribution in [0.3, 0.4) is 0 Å². The molecule has 6 heteroatoms. The molecule has 1 aromatic rings. The van der Waals surface area contributed by atoms with E-state index in [-0.39, 0.29) is 4.90 Å². The minimum absolute atomic E-state index is 0.106. The third-order valence-corrected chi connectivity index (χ3v) is 6.19. The van der Waals surface area contributed by atoms with Crippen molar-refractivity contribution in [2.75, 3.05) is 0 Å². The Balaban J connectivity index is 1.95. The van der Waals surface area contributed by atoms with Gasteiger partial charge in [0.15, 0.2) is 6.10 Å². The van der Waals surface area contributed by atoms with Gasteiger partial charge in [-0.1, -0.05) is 56.7 Å². The number of aryl methyl sites for hydroxylation is 1. The van der Waals surface area contributed by atoms with E-state index in [0.717, 1.165) is 31.2 Å². The van der Waals surface area contributed by atoms with E-state index >= 15 is 0 Å². The zero-order valence-electron chi connectivity index (χ0n) is 13.7. The number of benzene rings is 1. The fraction of sp³-hybridized carbons (Fsp3) is 0.647. The summed E-state index contributed by atoms with van der Waals surface area (Å²) in [5.41, 5.74) is 0.901. The number of rotatable bonds is 9. The van der Waals surface area contributed by atoms with Gasteiger partial charge < -0.3 is 14.9 Å². The Kier molecular flexibility index (Phi) is 5.84. The maximum atomic E-state index is 12.4. The van der Waals surface area contributed by atoms with Gasteiger partial charge in [0.1, 0.15) is 0 Å². The van der Waals surface area contributed by atoms with Gasteiger partial charge in [0, 0.05) is 0 Å². The maximum absolute atomic E-state index is 12.4. The van der Waals surface area contributed by atoms with Crippen molar-refractivity contribution < 1.29 is 23.4 Å². The van der Waals surface area contributed by atoms with Crippen LogP contribution < -0.4 is 0 Å². The predicted molar refractivity (Wildman–Crippen MR) is 87.6 cm³/mol. The molecular weight excluding hydrogens is 316 g/mol. The highest BCUT2D eigenvalue weighted by Gasteiger charge is 2.60. The van der Waals surface area contributed by atoms with Crippen molar-refractivity contribution in [3.63, 3.8) is 0 Å². The lowest BCUT2D eigenvalue weighted by Crippen LogP contribution is -2.44. The standard InChI is InChI=1S/C17H26O5S/c1-3-4-5-6-7-8-15-16(22-15)17(18,19)23(20,21)14-11-9-13(2)10-12-14/h9-12,15-16,18-19H,3-8H2,1-2H3/t15-,16-/m1/s1. The third kappa shape index (κ3) is 4.12. The molecule has 0 bridgehead atoms. The van der Waals surface area contributed by atoms with Crippen LogP contribution in [0.1, 0.15) is 51.0 Å². The van der Waals surface area contributed by atoms with Crippen LogP contribution in [0.4, 0.5) is 0 Å². The van der Waals surface area contributed by atoms with Crippen molar-refractivity contribution in [3.8, 4) is 0 Å². The summed E-state index contributed by atoms with van der Waals surface area (Å²) < 4.78 is 30.1.